The number of aromatic amines is 1. The molecule has 54 heavy (non-hydrogen) atoms. The van der Waals surface area contributed by atoms with E-state index in [1.54, 1.807) is 12.1 Å². The third-order valence-corrected chi connectivity index (χ3v) is 10.7. The number of amides is 1. The number of aromatic hydroxyl groups is 1. The van der Waals surface area contributed by atoms with E-state index in [4.69, 9.17) is 4.74 Å². The Labute approximate surface area is 314 Å². The zero-order valence-corrected chi connectivity index (χ0v) is 30.3. The topological polar surface area (TPSA) is 130 Å². The number of halogens is 1. The maximum Gasteiger partial charge on any atom is 0.411 e. The first-order chi connectivity index (χ1) is 26.3. The number of anilines is 1. The van der Waals surface area contributed by atoms with Crippen molar-refractivity contribution >= 4 is 22.7 Å². The number of likely N-dealkylation sites (tertiary alicyclic amines) is 2. The largest absolute Gasteiger partial charge is 0.506 e. The van der Waals surface area contributed by atoms with Gasteiger partial charge in [-0.25, -0.2) is 9.18 Å². The van der Waals surface area contributed by atoms with E-state index in [-0.39, 0.29) is 23.2 Å². The van der Waals surface area contributed by atoms with Gasteiger partial charge in [-0.2, -0.15) is 0 Å². The van der Waals surface area contributed by atoms with Crippen molar-refractivity contribution in [3.8, 4) is 16.9 Å². The number of nitrogens with one attached hydrogen (secondary N) is 3. The van der Waals surface area contributed by atoms with Crippen molar-refractivity contribution in [3.05, 3.63) is 130 Å². The molecular formula is C43H48FN5O5. The lowest BCUT2D eigenvalue weighted by Crippen LogP contribution is -2.38. The molecule has 2 saturated heterocycles. The maximum atomic E-state index is 15.8. The number of aliphatic hydroxyl groups excluding tert-OH is 1. The van der Waals surface area contributed by atoms with Crippen LogP contribution in [0.4, 0.5) is 14.9 Å². The molecule has 0 radical (unpaired) electrons. The molecule has 5 N–H and O–H groups in total. The summed E-state index contributed by atoms with van der Waals surface area (Å²) in [5.41, 5.74) is 4.71. The number of para-hydroxylation sites is 1. The molecule has 1 amide bonds. The fourth-order valence-electron chi connectivity index (χ4n) is 7.73. The minimum atomic E-state index is -0.797. The Morgan fingerprint density at radius 1 is 0.833 bits per heavy atom. The molecule has 5 aromatic rings. The first-order valence-electron chi connectivity index (χ1n) is 18.9. The van der Waals surface area contributed by atoms with Crippen molar-refractivity contribution in [2.24, 2.45) is 5.92 Å². The van der Waals surface area contributed by atoms with E-state index in [0.717, 1.165) is 43.6 Å². The first-order valence-corrected chi connectivity index (χ1v) is 18.9. The number of rotatable bonds is 12. The normalized spacial score (nSPS) is 16.7. The highest BCUT2D eigenvalue weighted by atomic mass is 19.1. The summed E-state index contributed by atoms with van der Waals surface area (Å²) in [6, 6.07) is 29.5. The average molecular weight is 734 g/mol. The predicted molar refractivity (Wildman–Crippen MR) is 209 cm³/mol. The zero-order valence-electron chi connectivity index (χ0n) is 30.3. The molecule has 0 aliphatic carbocycles. The standard InChI is InChI=1S/C43H48FN5O5/c44-41-31(27-48-21-17-29(18-22-48)25-45-26-39(51)35-13-15-38(50)42-36(35)14-16-40(52)47-42)9-6-10-32(41)28-49-23-19-33(20-24-49)54-43(53)46-37-12-5-4-11-34(37)30-7-2-1-3-8-30/h1-16,29,33,39,45,50-51H,17-28H2,(H,46,53)(H,47,52)/t39-/m0/s1. The highest BCUT2D eigenvalue weighted by Gasteiger charge is 2.25. The highest BCUT2D eigenvalue weighted by molar-refractivity contribution is 5.91. The van der Waals surface area contributed by atoms with Gasteiger partial charge in [0.2, 0.25) is 5.56 Å². The molecule has 0 spiro atoms. The number of nitrogens with zero attached hydrogens (tertiary/aromatic N) is 2. The van der Waals surface area contributed by atoms with Crippen molar-refractivity contribution in [1.82, 2.24) is 20.1 Å². The van der Waals surface area contributed by atoms with Gasteiger partial charge in [-0.1, -0.05) is 72.8 Å². The molecule has 1 aromatic heterocycles. The van der Waals surface area contributed by atoms with E-state index in [1.165, 1.54) is 12.1 Å². The lowest BCUT2D eigenvalue weighted by molar-refractivity contribution is 0.0564. The lowest BCUT2D eigenvalue weighted by Gasteiger charge is -2.33. The molecule has 0 saturated carbocycles. The first kappa shape index (κ1) is 37.3. The van der Waals surface area contributed by atoms with Crippen molar-refractivity contribution in [2.75, 3.05) is 44.6 Å². The minimum Gasteiger partial charge on any atom is -0.506 e. The van der Waals surface area contributed by atoms with Crippen molar-refractivity contribution in [3.63, 3.8) is 0 Å². The van der Waals surface area contributed by atoms with Gasteiger partial charge in [0.15, 0.2) is 0 Å². The van der Waals surface area contributed by atoms with Crippen LogP contribution < -0.4 is 16.2 Å². The number of fused-ring (bicyclic) bond motifs is 1. The van der Waals surface area contributed by atoms with Crippen LogP contribution in [-0.2, 0) is 17.8 Å². The molecule has 7 rings (SSSR count). The Morgan fingerprint density at radius 3 is 2.22 bits per heavy atom. The summed E-state index contributed by atoms with van der Waals surface area (Å²) in [4.78, 5) is 31.7. The highest BCUT2D eigenvalue weighted by Crippen LogP contribution is 2.30. The van der Waals surface area contributed by atoms with Crippen LogP contribution in [0.3, 0.4) is 0 Å². The quantitative estimate of drug-likeness (QED) is 0.0949. The number of hydrogen-bond donors (Lipinski definition) is 5. The van der Waals surface area contributed by atoms with Crippen molar-refractivity contribution in [2.45, 2.75) is 51.0 Å². The maximum absolute atomic E-state index is 15.8. The number of aliphatic hydroxyl groups is 1. The second-order valence-electron chi connectivity index (χ2n) is 14.5. The van der Waals surface area contributed by atoms with Crippen LogP contribution in [0.1, 0.15) is 48.5 Å². The molecule has 0 unspecified atom stereocenters. The van der Waals surface area contributed by atoms with Crippen LogP contribution in [-0.4, -0.2) is 76.5 Å². The monoisotopic (exact) mass is 733 g/mol. The molecule has 10 nitrogen and oxygen atoms in total. The smallest absolute Gasteiger partial charge is 0.411 e. The second-order valence-corrected chi connectivity index (χ2v) is 14.5. The van der Waals surface area contributed by atoms with Crippen LogP contribution in [0.5, 0.6) is 5.75 Å². The van der Waals surface area contributed by atoms with Crippen LogP contribution in [0.2, 0.25) is 0 Å². The average Bonchev–Trinajstić information content (AvgIpc) is 3.18. The molecule has 11 heteroatoms. The molecule has 3 heterocycles. The van der Waals surface area contributed by atoms with Crippen LogP contribution >= 0.6 is 0 Å². The number of hydrogen-bond acceptors (Lipinski definition) is 8. The van der Waals surface area contributed by atoms with E-state index < -0.39 is 12.2 Å². The van der Waals surface area contributed by atoms with Gasteiger partial charge in [-0.3, -0.25) is 19.9 Å². The molecule has 1 atom stereocenters. The number of carbonyl (C=O) groups is 1. The van der Waals surface area contributed by atoms with E-state index in [2.05, 4.69) is 25.4 Å². The number of carbonyl (C=O) groups excluding carboxylic acids is 1. The molecule has 282 valence electrons. The number of H-pyrrole nitrogens is 1. The van der Waals surface area contributed by atoms with E-state index in [9.17, 15) is 19.8 Å². The summed E-state index contributed by atoms with van der Waals surface area (Å²) >= 11 is 0. The summed E-state index contributed by atoms with van der Waals surface area (Å²) in [5, 5.41) is 28.0. The zero-order chi connectivity index (χ0) is 37.4. The fraction of sp³-hybridized carbons (Fsp3) is 0.349. The molecule has 2 aliphatic heterocycles. The summed E-state index contributed by atoms with van der Waals surface area (Å²) in [6.07, 6.45) is 1.87. The number of phenolic OH excluding ortho intramolecular Hbond substituents is 1. The number of pyridine rings is 1. The van der Waals surface area contributed by atoms with Gasteiger partial charge in [0, 0.05) is 60.9 Å². The van der Waals surface area contributed by atoms with E-state index in [1.807, 2.05) is 72.8 Å². The molecule has 0 bridgehead atoms. The Kier molecular flexibility index (Phi) is 12.0. The lowest BCUT2D eigenvalue weighted by atomic mass is 9.96. The van der Waals surface area contributed by atoms with Gasteiger partial charge in [0.05, 0.1) is 17.3 Å². The predicted octanol–water partition coefficient (Wildman–Crippen LogP) is 6.79. The van der Waals surface area contributed by atoms with Crippen LogP contribution in [0, 0.1) is 11.7 Å². The van der Waals surface area contributed by atoms with Gasteiger partial charge in [-0.15, -0.1) is 0 Å². The van der Waals surface area contributed by atoms with Gasteiger partial charge >= 0.3 is 6.09 Å². The second kappa shape index (κ2) is 17.4. The Hall–Kier alpha value is -5.07. The number of piperidine rings is 2. The summed E-state index contributed by atoms with van der Waals surface area (Å²) in [5.74, 6) is 0.272. The summed E-state index contributed by atoms with van der Waals surface area (Å²) < 4.78 is 21.6. The SMILES string of the molecule is O=C(Nc1ccccc1-c1ccccc1)OC1CCN(Cc2cccc(CN3CCC(CNC[C@H](O)c4ccc(O)c5[nH]c(=O)ccc45)CC3)c2F)CC1. The Bertz CT molecular complexity index is 2090. The third-order valence-electron chi connectivity index (χ3n) is 10.7. The molecule has 4 aromatic carbocycles. The number of aromatic nitrogens is 1. The fourth-order valence-corrected chi connectivity index (χ4v) is 7.73. The van der Waals surface area contributed by atoms with Gasteiger partial charge in [0.1, 0.15) is 17.7 Å². The van der Waals surface area contributed by atoms with Gasteiger partial charge in [-0.05, 0) is 80.6 Å². The molecular weight excluding hydrogens is 686 g/mol. The number of benzene rings is 4. The summed E-state index contributed by atoms with van der Waals surface area (Å²) in [7, 11) is 0. The van der Waals surface area contributed by atoms with Crippen LogP contribution in [0.15, 0.2) is 102 Å². The third kappa shape index (κ3) is 9.17. The Morgan fingerprint density at radius 2 is 1.50 bits per heavy atom. The number of phenols is 1. The van der Waals surface area contributed by atoms with Crippen molar-refractivity contribution in [1.29, 1.82) is 0 Å². The van der Waals surface area contributed by atoms with E-state index >= 15 is 4.39 Å². The van der Waals surface area contributed by atoms with E-state index in [0.29, 0.717) is 84.8 Å². The minimum absolute atomic E-state index is 0.0300. The molecule has 2 fully saturated rings. The summed E-state index contributed by atoms with van der Waals surface area (Å²) in [6.45, 7) is 5.35. The molecule has 2 aliphatic rings. The van der Waals surface area contributed by atoms with Gasteiger partial charge in [0.25, 0.3) is 0 Å². The number of ether oxygens (including phenoxy) is 1. The Balaban J connectivity index is 0.832. The van der Waals surface area contributed by atoms with Crippen molar-refractivity contribution < 1.29 is 24.1 Å². The van der Waals surface area contributed by atoms with Crippen LogP contribution in [0.25, 0.3) is 22.0 Å². The van der Waals surface area contributed by atoms with Gasteiger partial charge < -0.3 is 25.3 Å².